The molecule has 1 amide bonds. The van der Waals surface area contributed by atoms with Crippen molar-refractivity contribution in [3.8, 4) is 0 Å². The number of amides is 1. The molecule has 3 N–H and O–H groups in total. The monoisotopic (exact) mass is 372 g/mol. The molecular weight excluding hydrogens is 356 g/mol. The molecule has 0 saturated heterocycles. The van der Waals surface area contributed by atoms with E-state index in [1.54, 1.807) is 6.21 Å². The summed E-state index contributed by atoms with van der Waals surface area (Å²) in [4.78, 5) is 36.3. The van der Waals surface area contributed by atoms with Gasteiger partial charge in [-0.3, -0.25) is 14.6 Å². The summed E-state index contributed by atoms with van der Waals surface area (Å²) < 4.78 is 2.06. The summed E-state index contributed by atoms with van der Waals surface area (Å²) in [6.07, 6.45) is 1.60. The highest BCUT2D eigenvalue weighted by molar-refractivity contribution is 7.99. The molecule has 10 heteroatoms. The number of rotatable bonds is 5. The number of thioether (sulfide) groups is 1. The molecule has 3 aromatic rings. The first-order valence-corrected chi connectivity index (χ1v) is 8.63. The third-order valence-electron chi connectivity index (χ3n) is 3.85. The Balaban J connectivity index is 1.65. The zero-order valence-corrected chi connectivity index (χ0v) is 14.9. The lowest BCUT2D eigenvalue weighted by molar-refractivity contribution is -0.118. The van der Waals surface area contributed by atoms with Crippen molar-refractivity contribution in [2.24, 2.45) is 12.1 Å². The third kappa shape index (κ3) is 3.59. The molecule has 0 atom stereocenters. The SMILES string of the molecule is Cc1c(/C=N/NC(=O)CSc2n[nH]c(=O)[nH]c2=O)c2ccccc2n1C. The van der Waals surface area contributed by atoms with Crippen molar-refractivity contribution in [2.75, 3.05) is 5.75 Å². The average Bonchev–Trinajstić information content (AvgIpc) is 2.86. The Hall–Kier alpha value is -3.14. The number of nitrogens with zero attached hydrogens (tertiary/aromatic N) is 3. The van der Waals surface area contributed by atoms with E-state index in [2.05, 4.69) is 25.3 Å². The topological polar surface area (TPSA) is 125 Å². The van der Waals surface area contributed by atoms with Crippen molar-refractivity contribution in [2.45, 2.75) is 11.9 Å². The lowest BCUT2D eigenvalue weighted by Gasteiger charge is -1.99. The van der Waals surface area contributed by atoms with Crippen molar-refractivity contribution < 1.29 is 4.79 Å². The molecule has 0 saturated carbocycles. The molecule has 0 bridgehead atoms. The second-order valence-electron chi connectivity index (χ2n) is 5.47. The van der Waals surface area contributed by atoms with Gasteiger partial charge in [0.2, 0.25) is 5.91 Å². The third-order valence-corrected chi connectivity index (χ3v) is 4.81. The van der Waals surface area contributed by atoms with E-state index in [0.717, 1.165) is 33.9 Å². The lowest BCUT2D eigenvalue weighted by atomic mass is 10.1. The van der Waals surface area contributed by atoms with Crippen molar-refractivity contribution in [3.63, 3.8) is 0 Å². The molecule has 3 rings (SSSR count). The Morgan fingerprint density at radius 2 is 2.15 bits per heavy atom. The van der Waals surface area contributed by atoms with Gasteiger partial charge in [0.05, 0.1) is 12.0 Å². The molecule has 2 aromatic heterocycles. The van der Waals surface area contributed by atoms with Crippen LogP contribution in [0.15, 0.2) is 44.0 Å². The fourth-order valence-electron chi connectivity index (χ4n) is 2.48. The fourth-order valence-corrected chi connectivity index (χ4v) is 3.11. The Morgan fingerprint density at radius 3 is 2.92 bits per heavy atom. The molecule has 0 fully saturated rings. The van der Waals surface area contributed by atoms with Crippen LogP contribution in [0.25, 0.3) is 10.9 Å². The highest BCUT2D eigenvalue weighted by atomic mass is 32.2. The Morgan fingerprint density at radius 1 is 1.38 bits per heavy atom. The Bertz CT molecular complexity index is 1110. The van der Waals surface area contributed by atoms with Crippen LogP contribution < -0.4 is 16.7 Å². The van der Waals surface area contributed by atoms with E-state index < -0.39 is 17.2 Å². The number of carbonyl (C=O) groups is 1. The highest BCUT2D eigenvalue weighted by Gasteiger charge is 2.10. The van der Waals surface area contributed by atoms with E-state index in [-0.39, 0.29) is 10.8 Å². The van der Waals surface area contributed by atoms with Crippen LogP contribution >= 0.6 is 11.8 Å². The van der Waals surface area contributed by atoms with Crippen molar-refractivity contribution in [1.29, 1.82) is 0 Å². The smallest absolute Gasteiger partial charge is 0.342 e. The summed E-state index contributed by atoms with van der Waals surface area (Å²) in [6.45, 7) is 1.98. The number of carbonyl (C=O) groups excluding carboxylic acids is 1. The first-order chi connectivity index (χ1) is 12.5. The zero-order chi connectivity index (χ0) is 18.7. The van der Waals surface area contributed by atoms with E-state index in [0.29, 0.717) is 0 Å². The highest BCUT2D eigenvalue weighted by Crippen LogP contribution is 2.22. The molecule has 0 radical (unpaired) electrons. The number of hydrazone groups is 1. The number of aromatic amines is 2. The van der Waals surface area contributed by atoms with Gasteiger partial charge in [0, 0.05) is 29.2 Å². The molecule has 0 spiro atoms. The summed E-state index contributed by atoms with van der Waals surface area (Å²) in [6, 6.07) is 7.93. The van der Waals surface area contributed by atoms with Crippen LogP contribution in [0.1, 0.15) is 11.3 Å². The van der Waals surface area contributed by atoms with Gasteiger partial charge in [0.1, 0.15) is 0 Å². The standard InChI is InChI=1S/C16H16N6O3S/c1-9-11(10-5-3-4-6-12(10)22(9)2)7-17-19-13(23)8-26-15-14(24)18-16(25)21-20-15/h3-7H,8H2,1-2H3,(H,19,23)(H2,18,21,24,25)/b17-7+. The molecular formula is C16H16N6O3S. The maximum Gasteiger partial charge on any atom is 0.342 e. The number of fused-ring (bicyclic) bond motifs is 1. The molecule has 2 heterocycles. The van der Waals surface area contributed by atoms with E-state index in [1.165, 1.54) is 0 Å². The zero-order valence-electron chi connectivity index (χ0n) is 14.1. The number of benzene rings is 1. The van der Waals surface area contributed by atoms with E-state index >= 15 is 0 Å². The van der Waals surface area contributed by atoms with Crippen LogP contribution in [-0.2, 0) is 11.8 Å². The predicted octanol–water partition coefficient (Wildman–Crippen LogP) is 0.501. The number of para-hydroxylation sites is 1. The van der Waals surface area contributed by atoms with E-state index in [1.807, 2.05) is 43.2 Å². The number of H-pyrrole nitrogens is 2. The average molecular weight is 372 g/mol. The van der Waals surface area contributed by atoms with Crippen LogP contribution in [0.3, 0.4) is 0 Å². The van der Waals surface area contributed by atoms with Crippen LogP contribution in [0.2, 0.25) is 0 Å². The molecule has 134 valence electrons. The van der Waals surface area contributed by atoms with Gasteiger partial charge >= 0.3 is 5.69 Å². The van der Waals surface area contributed by atoms with Gasteiger partial charge in [-0.2, -0.15) is 10.2 Å². The van der Waals surface area contributed by atoms with Crippen molar-refractivity contribution in [1.82, 2.24) is 25.2 Å². The van der Waals surface area contributed by atoms with E-state index in [4.69, 9.17) is 0 Å². The van der Waals surface area contributed by atoms with Crippen LogP contribution in [0.4, 0.5) is 0 Å². The molecule has 1 aromatic carbocycles. The van der Waals surface area contributed by atoms with E-state index in [9.17, 15) is 14.4 Å². The van der Waals surface area contributed by atoms with Crippen LogP contribution in [0.5, 0.6) is 0 Å². The minimum absolute atomic E-state index is 0.00799. The van der Waals surface area contributed by atoms with Gasteiger partial charge in [0.15, 0.2) is 5.03 Å². The quantitative estimate of drug-likeness (QED) is 0.342. The first-order valence-electron chi connectivity index (χ1n) is 7.65. The maximum absolute atomic E-state index is 11.9. The number of aryl methyl sites for hydroxylation is 1. The molecule has 0 aliphatic heterocycles. The van der Waals surface area contributed by atoms with Gasteiger partial charge < -0.3 is 4.57 Å². The number of aromatic nitrogens is 4. The summed E-state index contributed by atoms with van der Waals surface area (Å²) in [5, 5.41) is 10.7. The maximum atomic E-state index is 11.9. The number of hydrogen-bond donors (Lipinski definition) is 3. The molecule has 26 heavy (non-hydrogen) atoms. The number of hydrogen-bond acceptors (Lipinski definition) is 6. The molecule has 0 aliphatic rings. The first kappa shape index (κ1) is 17.7. The second-order valence-corrected chi connectivity index (χ2v) is 6.43. The van der Waals surface area contributed by atoms with Crippen molar-refractivity contribution in [3.05, 3.63) is 56.4 Å². The molecule has 0 aliphatic carbocycles. The minimum Gasteiger partial charge on any atom is -0.347 e. The fraction of sp³-hybridized carbons (Fsp3) is 0.188. The van der Waals surface area contributed by atoms with Gasteiger partial charge in [-0.1, -0.05) is 30.0 Å². The summed E-state index contributed by atoms with van der Waals surface area (Å²) in [7, 11) is 1.97. The molecule has 9 nitrogen and oxygen atoms in total. The Kier molecular flexibility index (Phi) is 5.03. The number of nitrogens with one attached hydrogen (secondary N) is 3. The minimum atomic E-state index is -0.696. The van der Waals surface area contributed by atoms with Gasteiger partial charge in [0.25, 0.3) is 5.56 Å². The lowest BCUT2D eigenvalue weighted by Crippen LogP contribution is -2.26. The summed E-state index contributed by atoms with van der Waals surface area (Å²) in [5.41, 5.74) is 4.12. The largest absolute Gasteiger partial charge is 0.347 e. The summed E-state index contributed by atoms with van der Waals surface area (Å²) >= 11 is 0.905. The van der Waals surface area contributed by atoms with Crippen LogP contribution in [-0.4, -0.2) is 37.6 Å². The molecule has 0 unspecified atom stereocenters. The second kappa shape index (κ2) is 7.40. The van der Waals surface area contributed by atoms with Gasteiger partial charge in [-0.15, -0.1) is 0 Å². The normalized spacial score (nSPS) is 11.3. The predicted molar refractivity (Wildman–Crippen MR) is 99.6 cm³/mol. The van der Waals surface area contributed by atoms with Gasteiger partial charge in [-0.05, 0) is 13.0 Å². The summed E-state index contributed by atoms with van der Waals surface area (Å²) in [5.74, 6) is -0.454. The van der Waals surface area contributed by atoms with Crippen LogP contribution in [0, 0.1) is 6.92 Å². The van der Waals surface area contributed by atoms with Gasteiger partial charge in [-0.25, -0.2) is 15.3 Å². The van der Waals surface area contributed by atoms with Crippen molar-refractivity contribution >= 4 is 34.8 Å². The Labute approximate surface area is 151 Å².